The highest BCUT2D eigenvalue weighted by molar-refractivity contribution is 6.01. The van der Waals surface area contributed by atoms with Crippen molar-refractivity contribution >= 4 is 11.6 Å². The molecular weight excluding hydrogens is 228 g/mol. The van der Waals surface area contributed by atoms with Crippen LogP contribution in [0.3, 0.4) is 0 Å². The molecule has 1 aromatic carbocycles. The average Bonchev–Trinajstić information content (AvgIpc) is 2.81. The number of carbonyl (C=O) groups is 1. The topological polar surface area (TPSA) is 70.7 Å². The quantitative estimate of drug-likeness (QED) is 0.867. The zero-order chi connectivity index (χ0) is 13.0. The summed E-state index contributed by atoms with van der Waals surface area (Å²) in [6.45, 7) is 4.05. The van der Waals surface area contributed by atoms with Gasteiger partial charge in [0.15, 0.2) is 0 Å². The van der Waals surface area contributed by atoms with Crippen LogP contribution in [-0.4, -0.2) is 21.1 Å². The molecule has 0 unspecified atom stereocenters. The molecule has 18 heavy (non-hydrogen) atoms. The third-order valence-corrected chi connectivity index (χ3v) is 2.53. The number of hydrogen-bond donors (Lipinski definition) is 2. The van der Waals surface area contributed by atoms with E-state index in [0.29, 0.717) is 0 Å². The molecule has 0 atom stereocenters. The van der Waals surface area contributed by atoms with Crippen molar-refractivity contribution < 1.29 is 4.79 Å². The van der Waals surface area contributed by atoms with E-state index in [1.807, 2.05) is 31.2 Å². The minimum Gasteiger partial charge on any atom is -0.319 e. The van der Waals surface area contributed by atoms with Gasteiger partial charge in [-0.25, -0.2) is 4.98 Å². The van der Waals surface area contributed by atoms with E-state index in [-0.39, 0.29) is 11.7 Å². The third-order valence-electron chi connectivity index (χ3n) is 2.53. The summed E-state index contributed by atoms with van der Waals surface area (Å²) in [5, 5.41) is 9.42. The molecule has 0 saturated heterocycles. The maximum absolute atomic E-state index is 11.9. The summed E-state index contributed by atoms with van der Waals surface area (Å²) in [5.41, 5.74) is 1.89. The number of amides is 1. The zero-order valence-electron chi connectivity index (χ0n) is 10.5. The lowest BCUT2D eigenvalue weighted by Gasteiger charge is -2.02. The van der Waals surface area contributed by atoms with E-state index in [0.717, 1.165) is 29.9 Å². The molecule has 0 radical (unpaired) electrons. The number of aryl methyl sites for hydroxylation is 2. The molecule has 5 nitrogen and oxygen atoms in total. The zero-order valence-corrected chi connectivity index (χ0v) is 10.5. The largest absolute Gasteiger partial charge is 0.319 e. The Kier molecular flexibility index (Phi) is 3.72. The van der Waals surface area contributed by atoms with Gasteiger partial charge < -0.3 is 5.32 Å². The molecule has 1 heterocycles. The lowest BCUT2D eigenvalue weighted by molar-refractivity contribution is 0.101. The number of H-pyrrole nitrogens is 1. The number of benzene rings is 1. The van der Waals surface area contributed by atoms with Crippen LogP contribution >= 0.6 is 0 Å². The van der Waals surface area contributed by atoms with Crippen LogP contribution in [0.25, 0.3) is 0 Å². The Hall–Kier alpha value is -2.17. The maximum atomic E-state index is 11.9. The first-order valence-electron chi connectivity index (χ1n) is 5.98. The highest BCUT2D eigenvalue weighted by atomic mass is 16.2. The van der Waals surface area contributed by atoms with Crippen LogP contribution in [0.1, 0.15) is 35.4 Å². The summed E-state index contributed by atoms with van der Waals surface area (Å²) < 4.78 is 0. The van der Waals surface area contributed by atoms with Crippen LogP contribution in [0.2, 0.25) is 0 Å². The molecule has 0 fully saturated rings. The molecule has 94 valence electrons. The molecule has 0 spiro atoms. The van der Waals surface area contributed by atoms with Gasteiger partial charge in [0, 0.05) is 12.1 Å². The van der Waals surface area contributed by atoms with Gasteiger partial charge in [0.2, 0.25) is 5.82 Å². The van der Waals surface area contributed by atoms with Crippen LogP contribution in [0, 0.1) is 6.92 Å². The third kappa shape index (κ3) is 2.94. The first-order valence-corrected chi connectivity index (χ1v) is 5.98. The molecule has 0 saturated carbocycles. The van der Waals surface area contributed by atoms with Crippen molar-refractivity contribution in [3.8, 4) is 0 Å². The van der Waals surface area contributed by atoms with Crippen molar-refractivity contribution in [2.45, 2.75) is 26.7 Å². The summed E-state index contributed by atoms with van der Waals surface area (Å²) in [6, 6.07) is 7.59. The molecule has 1 aromatic heterocycles. The maximum Gasteiger partial charge on any atom is 0.295 e. The van der Waals surface area contributed by atoms with E-state index >= 15 is 0 Å². The Morgan fingerprint density at radius 3 is 2.72 bits per heavy atom. The van der Waals surface area contributed by atoms with Crippen molar-refractivity contribution in [2.24, 2.45) is 0 Å². The normalized spacial score (nSPS) is 10.3. The molecule has 2 aromatic rings. The second-order valence-electron chi connectivity index (χ2n) is 4.18. The first kappa shape index (κ1) is 12.3. The van der Waals surface area contributed by atoms with Crippen molar-refractivity contribution in [3.63, 3.8) is 0 Å². The molecule has 0 bridgehead atoms. The molecule has 0 aliphatic heterocycles. The number of carbonyl (C=O) groups excluding carboxylic acids is 1. The Morgan fingerprint density at radius 1 is 1.33 bits per heavy atom. The Balaban J connectivity index is 2.04. The van der Waals surface area contributed by atoms with Crippen molar-refractivity contribution in [3.05, 3.63) is 41.5 Å². The van der Waals surface area contributed by atoms with Crippen LogP contribution in [0.15, 0.2) is 24.3 Å². The van der Waals surface area contributed by atoms with Crippen molar-refractivity contribution in [1.29, 1.82) is 0 Å². The van der Waals surface area contributed by atoms with E-state index in [1.165, 1.54) is 0 Å². The Morgan fingerprint density at radius 2 is 2.06 bits per heavy atom. The van der Waals surface area contributed by atoms with Crippen molar-refractivity contribution in [2.75, 3.05) is 5.32 Å². The number of aromatic amines is 1. The van der Waals surface area contributed by atoms with E-state index in [2.05, 4.69) is 27.4 Å². The Labute approximate surface area is 106 Å². The number of anilines is 1. The molecular formula is C13H16N4O. The fourth-order valence-corrected chi connectivity index (χ4v) is 1.57. The number of hydrogen-bond acceptors (Lipinski definition) is 3. The average molecular weight is 244 g/mol. The van der Waals surface area contributed by atoms with Crippen LogP contribution in [0.4, 0.5) is 5.69 Å². The fourth-order valence-electron chi connectivity index (χ4n) is 1.57. The minimum absolute atomic E-state index is 0.180. The van der Waals surface area contributed by atoms with Gasteiger partial charge >= 0.3 is 0 Å². The molecule has 2 N–H and O–H groups in total. The van der Waals surface area contributed by atoms with E-state index < -0.39 is 0 Å². The second-order valence-corrected chi connectivity index (χ2v) is 4.18. The van der Waals surface area contributed by atoms with Gasteiger partial charge in [0.05, 0.1) is 0 Å². The predicted octanol–water partition coefficient (Wildman–Crippen LogP) is 2.32. The van der Waals surface area contributed by atoms with Gasteiger partial charge in [-0.2, -0.15) is 0 Å². The second kappa shape index (κ2) is 5.44. The lowest BCUT2D eigenvalue weighted by Crippen LogP contribution is -2.13. The lowest BCUT2D eigenvalue weighted by atomic mass is 10.2. The number of nitrogens with one attached hydrogen (secondary N) is 2. The minimum atomic E-state index is -0.294. The van der Waals surface area contributed by atoms with Gasteiger partial charge in [-0.15, -0.1) is 5.10 Å². The summed E-state index contributed by atoms with van der Waals surface area (Å²) >= 11 is 0. The first-order chi connectivity index (χ1) is 8.69. The summed E-state index contributed by atoms with van der Waals surface area (Å²) in [7, 11) is 0. The molecule has 0 aliphatic rings. The number of rotatable bonds is 4. The molecule has 5 heteroatoms. The smallest absolute Gasteiger partial charge is 0.295 e. The van der Waals surface area contributed by atoms with Crippen LogP contribution in [-0.2, 0) is 6.42 Å². The van der Waals surface area contributed by atoms with E-state index in [4.69, 9.17) is 0 Å². The van der Waals surface area contributed by atoms with E-state index in [1.54, 1.807) is 0 Å². The van der Waals surface area contributed by atoms with Gasteiger partial charge in [0.25, 0.3) is 5.91 Å². The van der Waals surface area contributed by atoms with Crippen molar-refractivity contribution in [1.82, 2.24) is 15.2 Å². The number of nitrogens with zero attached hydrogens (tertiary/aromatic N) is 2. The van der Waals surface area contributed by atoms with Gasteiger partial charge in [0.1, 0.15) is 5.82 Å². The van der Waals surface area contributed by atoms with Crippen LogP contribution in [0.5, 0.6) is 0 Å². The standard InChI is InChI=1S/C13H16N4O/c1-3-4-11-15-12(17-16-11)13(18)14-10-7-5-9(2)6-8-10/h5-8H,3-4H2,1-2H3,(H,14,18)(H,15,16,17). The number of aromatic nitrogens is 3. The Bertz CT molecular complexity index is 530. The summed E-state index contributed by atoms with van der Waals surface area (Å²) in [6.07, 6.45) is 1.76. The molecule has 2 rings (SSSR count). The van der Waals surface area contributed by atoms with Crippen LogP contribution < -0.4 is 5.32 Å². The van der Waals surface area contributed by atoms with Gasteiger partial charge in [-0.1, -0.05) is 24.6 Å². The monoisotopic (exact) mass is 244 g/mol. The predicted molar refractivity (Wildman–Crippen MR) is 69.5 cm³/mol. The highest BCUT2D eigenvalue weighted by Gasteiger charge is 2.12. The molecule has 0 aliphatic carbocycles. The SMILES string of the molecule is CCCc1nc(C(=O)Nc2ccc(C)cc2)n[nH]1. The van der Waals surface area contributed by atoms with Gasteiger partial charge in [-0.3, -0.25) is 9.89 Å². The van der Waals surface area contributed by atoms with E-state index in [9.17, 15) is 4.79 Å². The highest BCUT2D eigenvalue weighted by Crippen LogP contribution is 2.09. The van der Waals surface area contributed by atoms with Gasteiger partial charge in [-0.05, 0) is 25.5 Å². The molecule has 1 amide bonds. The summed E-state index contributed by atoms with van der Waals surface area (Å²) in [4.78, 5) is 16.0. The summed E-state index contributed by atoms with van der Waals surface area (Å²) in [5.74, 6) is 0.628. The fraction of sp³-hybridized carbons (Fsp3) is 0.308.